The van der Waals surface area contributed by atoms with E-state index < -0.39 is 0 Å². The van der Waals surface area contributed by atoms with Crippen LogP contribution in [0.2, 0.25) is 0 Å². The summed E-state index contributed by atoms with van der Waals surface area (Å²) in [5, 5.41) is 3.67. The first-order valence-corrected chi connectivity index (χ1v) is 8.99. The van der Waals surface area contributed by atoms with Gasteiger partial charge in [-0.05, 0) is 37.0 Å². The highest BCUT2D eigenvalue weighted by atomic mass is 32.2. The van der Waals surface area contributed by atoms with Crippen molar-refractivity contribution >= 4 is 17.7 Å². The number of aromatic nitrogens is 2. The summed E-state index contributed by atoms with van der Waals surface area (Å²) in [4.78, 5) is 21.1. The van der Waals surface area contributed by atoms with Gasteiger partial charge in [0.25, 0.3) is 5.91 Å². The lowest BCUT2D eigenvalue weighted by Gasteiger charge is -2.09. The van der Waals surface area contributed by atoms with Crippen LogP contribution in [0.1, 0.15) is 41.7 Å². The molecule has 3 rings (SSSR count). The normalized spacial score (nSPS) is 14.8. The topological polar surface area (TPSA) is 54.9 Å². The zero-order valence-electron chi connectivity index (χ0n) is 13.1. The van der Waals surface area contributed by atoms with E-state index in [0.717, 1.165) is 11.7 Å². The summed E-state index contributed by atoms with van der Waals surface area (Å²) < 4.78 is 0. The van der Waals surface area contributed by atoms with Crippen LogP contribution in [-0.2, 0) is 6.42 Å². The Bertz CT molecular complexity index is 624. The number of carbonyl (C=O) groups is 1. The predicted octanol–water partition coefficient (Wildman–Crippen LogP) is 3.48. The highest BCUT2D eigenvalue weighted by molar-refractivity contribution is 8.00. The standard InChI is InChI=1S/C18H21N3OS/c22-18(17-13-19-11-12-20-17)21-10-9-14-5-7-16(8-6-14)23-15-3-1-2-4-15/h5-8,11-13,15H,1-4,9-10H2,(H,21,22). The Morgan fingerprint density at radius 2 is 1.96 bits per heavy atom. The first-order valence-electron chi connectivity index (χ1n) is 8.11. The number of benzene rings is 1. The van der Waals surface area contributed by atoms with Gasteiger partial charge in [0.2, 0.25) is 0 Å². The molecule has 0 bridgehead atoms. The number of rotatable bonds is 6. The molecule has 0 spiro atoms. The monoisotopic (exact) mass is 327 g/mol. The predicted molar refractivity (Wildman–Crippen MR) is 92.6 cm³/mol. The fraction of sp³-hybridized carbons (Fsp3) is 0.389. The second kappa shape index (κ2) is 8.11. The van der Waals surface area contributed by atoms with Crippen molar-refractivity contribution < 1.29 is 4.79 Å². The molecule has 1 aliphatic carbocycles. The number of thioether (sulfide) groups is 1. The van der Waals surface area contributed by atoms with E-state index in [1.54, 1.807) is 6.20 Å². The number of carbonyl (C=O) groups excluding carboxylic acids is 1. The van der Waals surface area contributed by atoms with Gasteiger partial charge in [-0.3, -0.25) is 9.78 Å². The largest absolute Gasteiger partial charge is 0.350 e. The van der Waals surface area contributed by atoms with E-state index in [1.165, 1.54) is 48.5 Å². The third-order valence-electron chi connectivity index (χ3n) is 4.02. The van der Waals surface area contributed by atoms with Crippen LogP contribution in [0.15, 0.2) is 47.8 Å². The van der Waals surface area contributed by atoms with Gasteiger partial charge in [0, 0.05) is 29.1 Å². The Hall–Kier alpha value is -1.88. The molecule has 1 fully saturated rings. The Morgan fingerprint density at radius 3 is 2.65 bits per heavy atom. The summed E-state index contributed by atoms with van der Waals surface area (Å²) in [5.41, 5.74) is 1.59. The van der Waals surface area contributed by atoms with E-state index in [-0.39, 0.29) is 5.91 Å². The minimum absolute atomic E-state index is 0.175. The van der Waals surface area contributed by atoms with E-state index in [1.807, 2.05) is 11.8 Å². The Balaban J connectivity index is 1.44. The van der Waals surface area contributed by atoms with Gasteiger partial charge in [0.15, 0.2) is 0 Å². The molecule has 120 valence electrons. The SMILES string of the molecule is O=C(NCCc1ccc(SC2CCCC2)cc1)c1cnccn1. The first kappa shape index (κ1) is 16.0. The lowest BCUT2D eigenvalue weighted by molar-refractivity contribution is 0.0948. The van der Waals surface area contributed by atoms with Gasteiger partial charge in [-0.15, -0.1) is 11.8 Å². The van der Waals surface area contributed by atoms with E-state index in [0.29, 0.717) is 12.2 Å². The molecule has 2 aromatic rings. The minimum atomic E-state index is -0.175. The molecule has 0 saturated heterocycles. The van der Waals surface area contributed by atoms with Gasteiger partial charge in [0.05, 0.1) is 6.20 Å². The van der Waals surface area contributed by atoms with Crippen LogP contribution < -0.4 is 5.32 Å². The van der Waals surface area contributed by atoms with Gasteiger partial charge in [-0.2, -0.15) is 0 Å². The molecular weight excluding hydrogens is 306 g/mol. The van der Waals surface area contributed by atoms with Crippen molar-refractivity contribution in [3.05, 3.63) is 54.1 Å². The molecule has 1 amide bonds. The fourth-order valence-electron chi connectivity index (χ4n) is 2.76. The number of nitrogens with one attached hydrogen (secondary N) is 1. The molecule has 0 aliphatic heterocycles. The van der Waals surface area contributed by atoms with Crippen LogP contribution in [0.3, 0.4) is 0 Å². The number of hydrogen-bond donors (Lipinski definition) is 1. The van der Waals surface area contributed by atoms with E-state index in [4.69, 9.17) is 0 Å². The summed E-state index contributed by atoms with van der Waals surface area (Å²) in [6, 6.07) is 8.71. The maximum atomic E-state index is 11.9. The third kappa shape index (κ3) is 4.79. The van der Waals surface area contributed by atoms with E-state index in [2.05, 4.69) is 39.6 Å². The highest BCUT2D eigenvalue weighted by Gasteiger charge is 2.15. The molecule has 4 nitrogen and oxygen atoms in total. The van der Waals surface area contributed by atoms with Crippen LogP contribution in [0.25, 0.3) is 0 Å². The van der Waals surface area contributed by atoms with Gasteiger partial charge in [-0.25, -0.2) is 4.98 Å². The zero-order chi connectivity index (χ0) is 15.9. The number of amides is 1. The Morgan fingerprint density at radius 1 is 1.17 bits per heavy atom. The Kier molecular flexibility index (Phi) is 5.64. The van der Waals surface area contributed by atoms with Crippen LogP contribution in [0.5, 0.6) is 0 Å². The van der Waals surface area contributed by atoms with Crippen LogP contribution in [-0.4, -0.2) is 27.7 Å². The molecule has 1 aliphatic rings. The highest BCUT2D eigenvalue weighted by Crippen LogP contribution is 2.34. The molecule has 5 heteroatoms. The average molecular weight is 327 g/mol. The number of hydrogen-bond acceptors (Lipinski definition) is 4. The summed E-state index contributed by atoms with van der Waals surface area (Å²) in [7, 11) is 0. The molecule has 0 atom stereocenters. The molecule has 0 unspecified atom stereocenters. The second-order valence-electron chi connectivity index (χ2n) is 5.76. The van der Waals surface area contributed by atoms with E-state index in [9.17, 15) is 4.79 Å². The first-order chi connectivity index (χ1) is 11.3. The number of nitrogens with zero attached hydrogens (tertiary/aromatic N) is 2. The van der Waals surface area contributed by atoms with Crippen molar-refractivity contribution in [3.8, 4) is 0 Å². The Labute approximate surface area is 141 Å². The van der Waals surface area contributed by atoms with Crippen LogP contribution >= 0.6 is 11.8 Å². The van der Waals surface area contributed by atoms with Gasteiger partial charge < -0.3 is 5.32 Å². The third-order valence-corrected chi connectivity index (χ3v) is 5.37. The molecule has 23 heavy (non-hydrogen) atoms. The minimum Gasteiger partial charge on any atom is -0.350 e. The van der Waals surface area contributed by atoms with Crippen molar-refractivity contribution in [2.75, 3.05) is 6.54 Å². The van der Waals surface area contributed by atoms with Gasteiger partial charge in [-0.1, -0.05) is 25.0 Å². The van der Waals surface area contributed by atoms with Crippen molar-refractivity contribution in [1.82, 2.24) is 15.3 Å². The van der Waals surface area contributed by atoms with Crippen molar-refractivity contribution in [2.45, 2.75) is 42.2 Å². The lowest BCUT2D eigenvalue weighted by atomic mass is 10.1. The molecule has 1 heterocycles. The smallest absolute Gasteiger partial charge is 0.271 e. The quantitative estimate of drug-likeness (QED) is 0.882. The summed E-state index contributed by atoms with van der Waals surface area (Å²) in [6.45, 7) is 0.602. The van der Waals surface area contributed by atoms with Crippen molar-refractivity contribution in [1.29, 1.82) is 0 Å². The summed E-state index contributed by atoms with van der Waals surface area (Å²) in [5.74, 6) is -0.175. The average Bonchev–Trinajstić information content (AvgIpc) is 3.10. The molecule has 1 aromatic heterocycles. The summed E-state index contributed by atoms with van der Waals surface area (Å²) in [6.07, 6.45) is 10.8. The molecule has 1 saturated carbocycles. The fourth-order valence-corrected chi connectivity index (χ4v) is 4.01. The van der Waals surface area contributed by atoms with Gasteiger partial charge in [0.1, 0.15) is 5.69 Å². The molecule has 1 aromatic carbocycles. The lowest BCUT2D eigenvalue weighted by Crippen LogP contribution is -2.26. The summed E-state index contributed by atoms with van der Waals surface area (Å²) >= 11 is 2.00. The van der Waals surface area contributed by atoms with Gasteiger partial charge >= 0.3 is 0 Å². The second-order valence-corrected chi connectivity index (χ2v) is 7.14. The molecule has 1 N–H and O–H groups in total. The maximum Gasteiger partial charge on any atom is 0.271 e. The maximum absolute atomic E-state index is 11.9. The van der Waals surface area contributed by atoms with Crippen molar-refractivity contribution in [2.24, 2.45) is 0 Å². The van der Waals surface area contributed by atoms with E-state index >= 15 is 0 Å². The molecular formula is C18H21N3OS. The van der Waals surface area contributed by atoms with Crippen LogP contribution in [0, 0.1) is 0 Å². The van der Waals surface area contributed by atoms with Crippen LogP contribution in [0.4, 0.5) is 0 Å². The van der Waals surface area contributed by atoms with Crippen molar-refractivity contribution in [3.63, 3.8) is 0 Å². The zero-order valence-corrected chi connectivity index (χ0v) is 13.9. The molecule has 0 radical (unpaired) electrons.